The summed E-state index contributed by atoms with van der Waals surface area (Å²) >= 11 is 0. The Kier molecular flexibility index (Phi) is 2.96. The zero-order valence-electron chi connectivity index (χ0n) is 8.91. The second-order valence-corrected chi connectivity index (χ2v) is 3.54. The fourth-order valence-corrected chi connectivity index (χ4v) is 1.52. The van der Waals surface area contributed by atoms with Crippen molar-refractivity contribution in [3.63, 3.8) is 0 Å². The maximum atomic E-state index is 9.18. The van der Waals surface area contributed by atoms with E-state index in [1.165, 1.54) is 24.3 Å². The van der Waals surface area contributed by atoms with E-state index in [-0.39, 0.29) is 11.5 Å². The van der Waals surface area contributed by atoms with Crippen LogP contribution >= 0.6 is 0 Å². The lowest BCUT2D eigenvalue weighted by atomic mass is 10.0. The van der Waals surface area contributed by atoms with Crippen LogP contribution in [0, 0.1) is 0 Å². The van der Waals surface area contributed by atoms with Gasteiger partial charge in [0.1, 0.15) is 17.2 Å². The van der Waals surface area contributed by atoms with Crippen molar-refractivity contribution in [2.24, 2.45) is 5.16 Å². The smallest absolute Gasteiger partial charge is 0.117 e. The number of aromatic hydroxyl groups is 2. The Bertz CT molecular complexity index is 482. The number of rotatable bonds is 2. The summed E-state index contributed by atoms with van der Waals surface area (Å²) in [6.45, 7) is 0. The van der Waals surface area contributed by atoms with Crippen LogP contribution in [0.5, 0.6) is 11.5 Å². The van der Waals surface area contributed by atoms with Gasteiger partial charge in [-0.25, -0.2) is 0 Å². The predicted octanol–water partition coefficient (Wildman–Crippen LogP) is 2.32. The minimum atomic E-state index is 0.150. The average molecular weight is 229 g/mol. The zero-order valence-corrected chi connectivity index (χ0v) is 8.91. The molecule has 0 saturated carbocycles. The van der Waals surface area contributed by atoms with E-state index in [4.69, 9.17) is 5.21 Å². The minimum Gasteiger partial charge on any atom is -0.508 e. The third-order valence-electron chi connectivity index (χ3n) is 2.38. The van der Waals surface area contributed by atoms with E-state index in [2.05, 4.69) is 5.16 Å². The maximum Gasteiger partial charge on any atom is 0.117 e. The Morgan fingerprint density at radius 1 is 0.706 bits per heavy atom. The van der Waals surface area contributed by atoms with E-state index in [0.29, 0.717) is 16.8 Å². The van der Waals surface area contributed by atoms with Gasteiger partial charge in [0.25, 0.3) is 0 Å². The third kappa shape index (κ3) is 2.36. The molecule has 0 aliphatic carbocycles. The third-order valence-corrected chi connectivity index (χ3v) is 2.38. The van der Waals surface area contributed by atoms with Gasteiger partial charge in [0.15, 0.2) is 0 Å². The van der Waals surface area contributed by atoms with Crippen LogP contribution in [0.25, 0.3) is 0 Å². The number of phenolic OH excluding ortho intramolecular Hbond substituents is 2. The fourth-order valence-electron chi connectivity index (χ4n) is 1.52. The summed E-state index contributed by atoms with van der Waals surface area (Å²) in [4.78, 5) is 0. The highest BCUT2D eigenvalue weighted by molar-refractivity contribution is 6.12. The van der Waals surface area contributed by atoms with Crippen LogP contribution in [0.4, 0.5) is 0 Å². The van der Waals surface area contributed by atoms with Gasteiger partial charge in [0.2, 0.25) is 0 Å². The molecule has 4 nitrogen and oxygen atoms in total. The van der Waals surface area contributed by atoms with E-state index < -0.39 is 0 Å². The highest BCUT2D eigenvalue weighted by Crippen LogP contribution is 2.17. The van der Waals surface area contributed by atoms with Gasteiger partial charge < -0.3 is 15.4 Å². The number of hydrogen-bond acceptors (Lipinski definition) is 4. The number of phenols is 2. The molecule has 4 heteroatoms. The molecular weight excluding hydrogens is 218 g/mol. The van der Waals surface area contributed by atoms with Crippen LogP contribution in [-0.4, -0.2) is 21.1 Å². The Morgan fingerprint density at radius 3 is 1.35 bits per heavy atom. The van der Waals surface area contributed by atoms with Crippen molar-refractivity contribution < 1.29 is 15.4 Å². The van der Waals surface area contributed by atoms with Crippen molar-refractivity contribution in [2.75, 3.05) is 0 Å². The fraction of sp³-hybridized carbons (Fsp3) is 0. The molecule has 0 radical (unpaired) electrons. The van der Waals surface area contributed by atoms with Gasteiger partial charge in [0.05, 0.1) is 0 Å². The van der Waals surface area contributed by atoms with Crippen molar-refractivity contribution >= 4 is 5.71 Å². The van der Waals surface area contributed by atoms with Gasteiger partial charge in [0, 0.05) is 11.1 Å². The molecule has 3 N–H and O–H groups in total. The van der Waals surface area contributed by atoms with Gasteiger partial charge in [-0.2, -0.15) is 0 Å². The average Bonchev–Trinajstić information content (AvgIpc) is 2.35. The molecule has 0 aliphatic rings. The monoisotopic (exact) mass is 229 g/mol. The van der Waals surface area contributed by atoms with Gasteiger partial charge in [-0.15, -0.1) is 0 Å². The van der Waals surface area contributed by atoms with Crippen LogP contribution in [0.1, 0.15) is 11.1 Å². The number of hydrogen-bond donors (Lipinski definition) is 3. The molecule has 0 heterocycles. The van der Waals surface area contributed by atoms with E-state index in [0.717, 1.165) is 0 Å². The highest BCUT2D eigenvalue weighted by Gasteiger charge is 2.07. The van der Waals surface area contributed by atoms with Crippen molar-refractivity contribution in [3.8, 4) is 11.5 Å². The molecule has 0 unspecified atom stereocenters. The Hall–Kier alpha value is -2.49. The molecule has 0 saturated heterocycles. The minimum absolute atomic E-state index is 0.150. The van der Waals surface area contributed by atoms with E-state index in [1.807, 2.05) is 0 Å². The van der Waals surface area contributed by atoms with Gasteiger partial charge in [-0.1, -0.05) is 5.16 Å². The van der Waals surface area contributed by atoms with Crippen molar-refractivity contribution in [3.05, 3.63) is 59.7 Å². The lowest BCUT2D eigenvalue weighted by Crippen LogP contribution is -2.02. The molecule has 0 spiro atoms. The first-order valence-corrected chi connectivity index (χ1v) is 5.01. The molecule has 0 amide bonds. The summed E-state index contributed by atoms with van der Waals surface area (Å²) in [5.74, 6) is 0.300. The maximum absolute atomic E-state index is 9.18. The molecule has 0 aromatic heterocycles. The highest BCUT2D eigenvalue weighted by atomic mass is 16.4. The van der Waals surface area contributed by atoms with Crippen LogP contribution in [0.3, 0.4) is 0 Å². The molecule has 2 rings (SSSR count). The van der Waals surface area contributed by atoms with Crippen LogP contribution in [0.2, 0.25) is 0 Å². The second-order valence-electron chi connectivity index (χ2n) is 3.54. The first-order chi connectivity index (χ1) is 8.20. The Balaban J connectivity index is 2.41. The zero-order chi connectivity index (χ0) is 12.3. The summed E-state index contributed by atoms with van der Waals surface area (Å²) < 4.78 is 0. The van der Waals surface area contributed by atoms with Crippen LogP contribution in [0.15, 0.2) is 53.7 Å². The van der Waals surface area contributed by atoms with Crippen LogP contribution in [-0.2, 0) is 0 Å². The van der Waals surface area contributed by atoms with Gasteiger partial charge >= 0.3 is 0 Å². The second kappa shape index (κ2) is 4.57. The molecule has 2 aromatic rings. The number of benzene rings is 2. The first-order valence-electron chi connectivity index (χ1n) is 5.01. The summed E-state index contributed by atoms with van der Waals surface area (Å²) in [6.07, 6.45) is 0. The molecule has 0 bridgehead atoms. The van der Waals surface area contributed by atoms with Gasteiger partial charge in [-0.3, -0.25) is 0 Å². The van der Waals surface area contributed by atoms with E-state index >= 15 is 0 Å². The quantitative estimate of drug-likeness (QED) is 0.420. The summed E-state index contributed by atoms with van der Waals surface area (Å²) in [6, 6.07) is 12.7. The Labute approximate surface area is 98.1 Å². The molecular formula is C13H11NO3. The molecule has 17 heavy (non-hydrogen) atoms. The Morgan fingerprint density at radius 2 is 1.06 bits per heavy atom. The summed E-state index contributed by atoms with van der Waals surface area (Å²) in [5.41, 5.74) is 1.73. The lowest BCUT2D eigenvalue weighted by Gasteiger charge is -2.05. The number of oxime groups is 1. The topological polar surface area (TPSA) is 73.1 Å². The molecule has 2 aromatic carbocycles. The van der Waals surface area contributed by atoms with Crippen molar-refractivity contribution in [1.29, 1.82) is 0 Å². The molecule has 0 aliphatic heterocycles. The lowest BCUT2D eigenvalue weighted by molar-refractivity contribution is 0.319. The molecule has 86 valence electrons. The normalized spacial score (nSPS) is 9.88. The van der Waals surface area contributed by atoms with Crippen molar-refractivity contribution in [1.82, 2.24) is 0 Å². The summed E-state index contributed by atoms with van der Waals surface area (Å²) in [7, 11) is 0. The predicted molar refractivity (Wildman–Crippen MR) is 63.6 cm³/mol. The van der Waals surface area contributed by atoms with Gasteiger partial charge in [-0.05, 0) is 48.5 Å². The molecule has 0 fully saturated rings. The summed E-state index contributed by atoms with van der Waals surface area (Å²) in [5, 5.41) is 30.6. The van der Waals surface area contributed by atoms with E-state index in [1.54, 1.807) is 24.3 Å². The van der Waals surface area contributed by atoms with Crippen LogP contribution < -0.4 is 0 Å². The first kappa shape index (κ1) is 11.0. The van der Waals surface area contributed by atoms with E-state index in [9.17, 15) is 10.2 Å². The number of nitrogens with zero attached hydrogens (tertiary/aromatic N) is 1. The molecule has 0 atom stereocenters. The largest absolute Gasteiger partial charge is 0.508 e. The van der Waals surface area contributed by atoms with Crippen molar-refractivity contribution in [2.45, 2.75) is 0 Å². The standard InChI is InChI=1S/C13H11NO3/c15-11-5-1-9(2-6-11)13(14-17)10-3-7-12(16)8-4-10/h1-8,15-17H. The SMILES string of the molecule is ON=C(c1ccc(O)cc1)c1ccc(O)cc1.